The lowest BCUT2D eigenvalue weighted by Gasteiger charge is -2.10. The summed E-state index contributed by atoms with van der Waals surface area (Å²) in [5.74, 6) is -0.0500. The number of carbonyl (C=O) groups is 1. The van der Waals surface area contributed by atoms with Crippen molar-refractivity contribution in [3.63, 3.8) is 0 Å². The largest absolute Gasteiger partial charge is 0.469 e. The first kappa shape index (κ1) is 11.7. The molecule has 0 bridgehead atoms. The van der Waals surface area contributed by atoms with Gasteiger partial charge in [-0.3, -0.25) is 4.79 Å². The van der Waals surface area contributed by atoms with Crippen LogP contribution in [0.3, 0.4) is 0 Å². The predicted octanol–water partition coefficient (Wildman–Crippen LogP) is 1.10. The second-order valence-electron chi connectivity index (χ2n) is 3.16. The highest BCUT2D eigenvalue weighted by atomic mass is 35.5. The third kappa shape index (κ3) is 2.35. The van der Waals surface area contributed by atoms with Crippen LogP contribution in [0.1, 0.15) is 25.7 Å². The zero-order valence-electron chi connectivity index (χ0n) is 7.34. The van der Waals surface area contributed by atoms with Crippen LogP contribution in [0.25, 0.3) is 0 Å². The van der Waals surface area contributed by atoms with Gasteiger partial charge in [0, 0.05) is 0 Å². The molecular weight excluding hydrogens is 178 g/mol. The molecule has 0 aromatic heterocycles. The van der Waals surface area contributed by atoms with E-state index in [0.29, 0.717) is 6.54 Å². The number of esters is 1. The van der Waals surface area contributed by atoms with E-state index in [9.17, 15) is 4.79 Å². The molecule has 1 fully saturated rings. The molecule has 4 heteroatoms. The van der Waals surface area contributed by atoms with E-state index in [-0.39, 0.29) is 23.8 Å². The monoisotopic (exact) mass is 193 g/mol. The van der Waals surface area contributed by atoms with Gasteiger partial charge in [-0.2, -0.15) is 0 Å². The van der Waals surface area contributed by atoms with Gasteiger partial charge in [-0.15, -0.1) is 12.4 Å². The average Bonchev–Trinajstić information content (AvgIpc) is 2.80. The van der Waals surface area contributed by atoms with Crippen LogP contribution in [-0.4, -0.2) is 19.6 Å². The maximum absolute atomic E-state index is 11.1. The standard InChI is InChI=1S/C8H15NO2.ClH/c1-11-7(10)8(4-5-8)3-2-6-9;/h2-6,9H2,1H3;1H. The minimum atomic E-state index is -0.131. The van der Waals surface area contributed by atoms with Crippen LogP contribution < -0.4 is 5.73 Å². The van der Waals surface area contributed by atoms with Gasteiger partial charge in [0.25, 0.3) is 0 Å². The number of methoxy groups -OCH3 is 1. The van der Waals surface area contributed by atoms with Gasteiger partial charge in [0.2, 0.25) is 0 Å². The van der Waals surface area contributed by atoms with Gasteiger partial charge in [-0.1, -0.05) is 0 Å². The number of hydrogen-bond donors (Lipinski definition) is 1. The van der Waals surface area contributed by atoms with E-state index in [1.807, 2.05) is 0 Å². The van der Waals surface area contributed by atoms with Gasteiger partial charge in [-0.25, -0.2) is 0 Å². The maximum Gasteiger partial charge on any atom is 0.311 e. The van der Waals surface area contributed by atoms with Crippen LogP contribution in [0.2, 0.25) is 0 Å². The minimum absolute atomic E-state index is 0. The molecule has 72 valence electrons. The molecule has 0 unspecified atom stereocenters. The molecule has 0 heterocycles. The Labute approximate surface area is 79.1 Å². The minimum Gasteiger partial charge on any atom is -0.469 e. The van der Waals surface area contributed by atoms with Crippen molar-refractivity contribution in [1.29, 1.82) is 0 Å². The van der Waals surface area contributed by atoms with Gasteiger partial charge in [0.05, 0.1) is 12.5 Å². The Morgan fingerprint density at radius 2 is 2.17 bits per heavy atom. The Kier molecular flexibility index (Phi) is 4.57. The molecule has 0 amide bonds. The Bertz CT molecular complexity index is 157. The highest BCUT2D eigenvalue weighted by molar-refractivity contribution is 5.85. The highest BCUT2D eigenvalue weighted by Gasteiger charge is 2.49. The number of halogens is 1. The van der Waals surface area contributed by atoms with Crippen molar-refractivity contribution in [2.45, 2.75) is 25.7 Å². The molecule has 3 nitrogen and oxygen atoms in total. The molecule has 0 radical (unpaired) electrons. The van der Waals surface area contributed by atoms with Gasteiger partial charge >= 0.3 is 5.97 Å². The Morgan fingerprint density at radius 3 is 2.50 bits per heavy atom. The first-order valence-corrected chi connectivity index (χ1v) is 4.04. The van der Waals surface area contributed by atoms with E-state index in [1.54, 1.807) is 0 Å². The summed E-state index contributed by atoms with van der Waals surface area (Å²) in [6, 6.07) is 0. The number of rotatable bonds is 4. The van der Waals surface area contributed by atoms with Crippen molar-refractivity contribution in [1.82, 2.24) is 0 Å². The number of carbonyl (C=O) groups excluding carboxylic acids is 1. The summed E-state index contributed by atoms with van der Waals surface area (Å²) in [6.07, 6.45) is 3.80. The first-order valence-electron chi connectivity index (χ1n) is 4.04. The maximum atomic E-state index is 11.1. The van der Waals surface area contributed by atoms with Crippen molar-refractivity contribution in [2.75, 3.05) is 13.7 Å². The molecule has 2 N–H and O–H groups in total. The number of nitrogens with two attached hydrogens (primary N) is 1. The Balaban J connectivity index is 0.00000121. The predicted molar refractivity (Wildman–Crippen MR) is 49.2 cm³/mol. The summed E-state index contributed by atoms with van der Waals surface area (Å²) in [7, 11) is 1.45. The summed E-state index contributed by atoms with van der Waals surface area (Å²) < 4.78 is 4.69. The molecule has 1 rings (SSSR count). The molecule has 0 atom stereocenters. The van der Waals surface area contributed by atoms with Crippen molar-refractivity contribution < 1.29 is 9.53 Å². The van der Waals surface area contributed by atoms with E-state index in [0.717, 1.165) is 25.7 Å². The average molecular weight is 194 g/mol. The third-order valence-electron chi connectivity index (χ3n) is 2.33. The first-order chi connectivity index (χ1) is 5.25. The zero-order chi connectivity index (χ0) is 8.32. The molecule has 0 aromatic carbocycles. The molecule has 1 aliphatic carbocycles. The fourth-order valence-electron chi connectivity index (χ4n) is 1.36. The summed E-state index contributed by atoms with van der Waals surface area (Å²) in [4.78, 5) is 11.1. The molecule has 0 spiro atoms. The van der Waals surface area contributed by atoms with E-state index < -0.39 is 0 Å². The molecule has 0 saturated heterocycles. The molecule has 12 heavy (non-hydrogen) atoms. The Hall–Kier alpha value is -0.280. The fraction of sp³-hybridized carbons (Fsp3) is 0.875. The van der Waals surface area contributed by atoms with Crippen molar-refractivity contribution in [3.8, 4) is 0 Å². The van der Waals surface area contributed by atoms with Crippen LogP contribution in [0, 0.1) is 5.41 Å². The van der Waals surface area contributed by atoms with E-state index in [4.69, 9.17) is 10.5 Å². The second-order valence-corrected chi connectivity index (χ2v) is 3.16. The highest BCUT2D eigenvalue weighted by Crippen LogP contribution is 2.50. The van der Waals surface area contributed by atoms with Gasteiger partial charge < -0.3 is 10.5 Å². The summed E-state index contributed by atoms with van der Waals surface area (Å²) in [5, 5.41) is 0. The van der Waals surface area contributed by atoms with Gasteiger partial charge in [0.1, 0.15) is 0 Å². The van der Waals surface area contributed by atoms with E-state index >= 15 is 0 Å². The quantitative estimate of drug-likeness (QED) is 0.681. The van der Waals surface area contributed by atoms with Crippen molar-refractivity contribution >= 4 is 18.4 Å². The van der Waals surface area contributed by atoms with E-state index in [2.05, 4.69) is 0 Å². The summed E-state index contributed by atoms with van der Waals surface area (Å²) in [6.45, 7) is 0.665. The Morgan fingerprint density at radius 1 is 1.58 bits per heavy atom. The molecule has 1 saturated carbocycles. The zero-order valence-corrected chi connectivity index (χ0v) is 8.15. The lowest BCUT2D eigenvalue weighted by molar-refractivity contribution is -0.147. The fourth-order valence-corrected chi connectivity index (χ4v) is 1.36. The summed E-state index contributed by atoms with van der Waals surface area (Å²) >= 11 is 0. The second kappa shape index (κ2) is 4.67. The van der Waals surface area contributed by atoms with Crippen LogP contribution in [0.5, 0.6) is 0 Å². The number of hydrogen-bond acceptors (Lipinski definition) is 3. The van der Waals surface area contributed by atoms with Crippen molar-refractivity contribution in [2.24, 2.45) is 11.1 Å². The third-order valence-corrected chi connectivity index (χ3v) is 2.33. The summed E-state index contributed by atoms with van der Waals surface area (Å²) in [5.41, 5.74) is 5.22. The lowest BCUT2D eigenvalue weighted by atomic mass is 10.0. The van der Waals surface area contributed by atoms with Crippen LogP contribution >= 0.6 is 12.4 Å². The topological polar surface area (TPSA) is 52.3 Å². The molecular formula is C8H16ClNO2. The van der Waals surface area contributed by atoms with Crippen LogP contribution in [0.4, 0.5) is 0 Å². The smallest absolute Gasteiger partial charge is 0.311 e. The molecule has 0 aromatic rings. The van der Waals surface area contributed by atoms with Crippen molar-refractivity contribution in [3.05, 3.63) is 0 Å². The molecule has 1 aliphatic rings. The number of ether oxygens (including phenoxy) is 1. The van der Waals surface area contributed by atoms with Gasteiger partial charge in [0.15, 0.2) is 0 Å². The SMILES string of the molecule is COC(=O)C1(CCCN)CC1.Cl. The van der Waals surface area contributed by atoms with Gasteiger partial charge in [-0.05, 0) is 32.2 Å². The normalized spacial score (nSPS) is 17.8. The van der Waals surface area contributed by atoms with Crippen LogP contribution in [0.15, 0.2) is 0 Å². The van der Waals surface area contributed by atoms with Crippen LogP contribution in [-0.2, 0) is 9.53 Å². The lowest BCUT2D eigenvalue weighted by Crippen LogP contribution is -2.18. The van der Waals surface area contributed by atoms with E-state index in [1.165, 1.54) is 7.11 Å². The molecule has 0 aliphatic heterocycles.